The Morgan fingerprint density at radius 2 is 1.56 bits per heavy atom. The summed E-state index contributed by atoms with van der Waals surface area (Å²) in [5.74, 6) is 0.107. The zero-order valence-corrected chi connectivity index (χ0v) is 11.0. The molecule has 102 valence electrons. The highest BCUT2D eigenvalue weighted by molar-refractivity contribution is 5.44. The number of ether oxygens (including phenoxy) is 4. The third-order valence-electron chi connectivity index (χ3n) is 2.33. The maximum Gasteiger partial charge on any atom is 0.197 e. The van der Waals surface area contributed by atoms with E-state index in [9.17, 15) is 4.39 Å². The molecule has 0 aromatic heterocycles. The standard InChI is InChI=1S/C13H19FO4/c1-10-4-5-11(17-8-6-15-2)13(12(10)14)18-9-7-16-3/h4-5H,6-9H2,1-3H3. The van der Waals surface area contributed by atoms with Crippen LogP contribution in [0.1, 0.15) is 5.56 Å². The van der Waals surface area contributed by atoms with Crippen molar-refractivity contribution in [3.63, 3.8) is 0 Å². The SMILES string of the molecule is COCCOc1ccc(C)c(F)c1OCCOC. The minimum absolute atomic E-state index is 0.128. The zero-order chi connectivity index (χ0) is 13.4. The Hall–Kier alpha value is -1.33. The van der Waals surface area contributed by atoms with Crippen LogP contribution in [0, 0.1) is 12.7 Å². The lowest BCUT2D eigenvalue weighted by molar-refractivity contribution is 0.130. The van der Waals surface area contributed by atoms with Crippen molar-refractivity contribution < 1.29 is 23.3 Å². The lowest BCUT2D eigenvalue weighted by atomic mass is 10.2. The first-order chi connectivity index (χ1) is 8.70. The summed E-state index contributed by atoms with van der Waals surface area (Å²) in [4.78, 5) is 0. The fourth-order valence-electron chi connectivity index (χ4n) is 1.35. The molecule has 18 heavy (non-hydrogen) atoms. The first kappa shape index (κ1) is 14.7. The van der Waals surface area contributed by atoms with E-state index < -0.39 is 5.82 Å². The van der Waals surface area contributed by atoms with Crippen LogP contribution in [0.5, 0.6) is 11.5 Å². The number of methoxy groups -OCH3 is 2. The van der Waals surface area contributed by atoms with Crippen LogP contribution in [0.15, 0.2) is 12.1 Å². The lowest BCUT2D eigenvalue weighted by Gasteiger charge is -2.14. The zero-order valence-electron chi connectivity index (χ0n) is 11.0. The Labute approximate surface area is 107 Å². The van der Waals surface area contributed by atoms with Crippen LogP contribution >= 0.6 is 0 Å². The molecule has 0 saturated heterocycles. The fraction of sp³-hybridized carbons (Fsp3) is 0.538. The average molecular weight is 258 g/mol. The van der Waals surface area contributed by atoms with Crippen molar-refractivity contribution in [1.29, 1.82) is 0 Å². The number of aryl methyl sites for hydroxylation is 1. The van der Waals surface area contributed by atoms with Crippen LogP contribution in [-0.4, -0.2) is 40.6 Å². The van der Waals surface area contributed by atoms with E-state index in [0.29, 0.717) is 31.1 Å². The van der Waals surface area contributed by atoms with E-state index >= 15 is 0 Å². The van der Waals surface area contributed by atoms with Gasteiger partial charge in [0.2, 0.25) is 0 Å². The lowest BCUT2D eigenvalue weighted by Crippen LogP contribution is -2.10. The Morgan fingerprint density at radius 1 is 0.944 bits per heavy atom. The van der Waals surface area contributed by atoms with Crippen molar-refractivity contribution in [3.05, 3.63) is 23.5 Å². The molecule has 0 bridgehead atoms. The Morgan fingerprint density at radius 3 is 2.17 bits per heavy atom. The first-order valence-electron chi connectivity index (χ1n) is 5.73. The number of hydrogen-bond acceptors (Lipinski definition) is 4. The van der Waals surface area contributed by atoms with Gasteiger partial charge in [0, 0.05) is 14.2 Å². The van der Waals surface area contributed by atoms with Crippen molar-refractivity contribution in [3.8, 4) is 11.5 Å². The van der Waals surface area contributed by atoms with Gasteiger partial charge in [0.1, 0.15) is 13.2 Å². The third-order valence-corrected chi connectivity index (χ3v) is 2.33. The van der Waals surface area contributed by atoms with Crippen LogP contribution in [0.25, 0.3) is 0 Å². The van der Waals surface area contributed by atoms with Crippen molar-refractivity contribution in [2.75, 3.05) is 40.6 Å². The summed E-state index contributed by atoms with van der Waals surface area (Å²) in [7, 11) is 3.14. The quantitative estimate of drug-likeness (QED) is 0.670. The van der Waals surface area contributed by atoms with Gasteiger partial charge < -0.3 is 18.9 Å². The van der Waals surface area contributed by atoms with Crippen molar-refractivity contribution >= 4 is 0 Å². The summed E-state index contributed by atoms with van der Waals surface area (Å²) in [5, 5.41) is 0. The summed E-state index contributed by atoms with van der Waals surface area (Å²) in [6.07, 6.45) is 0. The molecule has 5 heteroatoms. The largest absolute Gasteiger partial charge is 0.487 e. The summed E-state index contributed by atoms with van der Waals surface area (Å²) < 4.78 is 34.4. The molecule has 0 unspecified atom stereocenters. The minimum Gasteiger partial charge on any atom is -0.487 e. The summed E-state index contributed by atoms with van der Waals surface area (Å²) >= 11 is 0. The van der Waals surface area contributed by atoms with Gasteiger partial charge in [-0.15, -0.1) is 0 Å². The smallest absolute Gasteiger partial charge is 0.197 e. The molecule has 0 aliphatic heterocycles. The van der Waals surface area contributed by atoms with Crippen LogP contribution in [0.4, 0.5) is 4.39 Å². The Balaban J connectivity index is 2.76. The molecule has 0 radical (unpaired) electrons. The maximum absolute atomic E-state index is 13.9. The van der Waals surface area contributed by atoms with Gasteiger partial charge in [0.15, 0.2) is 17.3 Å². The molecule has 1 rings (SSSR count). The molecule has 0 heterocycles. The van der Waals surface area contributed by atoms with E-state index in [4.69, 9.17) is 18.9 Å². The fourth-order valence-corrected chi connectivity index (χ4v) is 1.35. The highest BCUT2D eigenvalue weighted by Crippen LogP contribution is 2.32. The van der Waals surface area contributed by atoms with Gasteiger partial charge in [-0.2, -0.15) is 0 Å². The number of halogens is 1. The molecule has 0 spiro atoms. The average Bonchev–Trinajstić information content (AvgIpc) is 2.37. The normalized spacial score (nSPS) is 10.4. The summed E-state index contributed by atoms with van der Waals surface area (Å²) in [6, 6.07) is 3.34. The molecule has 0 N–H and O–H groups in total. The van der Waals surface area contributed by atoms with Crippen LogP contribution in [0.3, 0.4) is 0 Å². The molecule has 0 amide bonds. The van der Waals surface area contributed by atoms with E-state index in [-0.39, 0.29) is 12.4 Å². The molecule has 0 fully saturated rings. The summed E-state index contributed by atoms with van der Waals surface area (Å²) in [6.45, 7) is 3.13. The van der Waals surface area contributed by atoms with Gasteiger partial charge in [-0.3, -0.25) is 0 Å². The molecule has 0 saturated carbocycles. The van der Waals surface area contributed by atoms with Gasteiger partial charge in [0.25, 0.3) is 0 Å². The van der Waals surface area contributed by atoms with Crippen LogP contribution in [-0.2, 0) is 9.47 Å². The molecule has 0 aliphatic carbocycles. The highest BCUT2D eigenvalue weighted by Gasteiger charge is 2.14. The minimum atomic E-state index is -0.402. The van der Waals surface area contributed by atoms with Crippen molar-refractivity contribution in [2.24, 2.45) is 0 Å². The van der Waals surface area contributed by atoms with E-state index in [1.165, 1.54) is 0 Å². The van der Waals surface area contributed by atoms with Crippen LogP contribution < -0.4 is 9.47 Å². The number of rotatable bonds is 8. The molecule has 1 aromatic rings. The second-order valence-electron chi connectivity index (χ2n) is 3.71. The highest BCUT2D eigenvalue weighted by atomic mass is 19.1. The van der Waals surface area contributed by atoms with Crippen molar-refractivity contribution in [1.82, 2.24) is 0 Å². The van der Waals surface area contributed by atoms with Crippen molar-refractivity contribution in [2.45, 2.75) is 6.92 Å². The second kappa shape index (κ2) is 7.89. The predicted molar refractivity (Wildman–Crippen MR) is 65.9 cm³/mol. The van der Waals surface area contributed by atoms with Gasteiger partial charge in [-0.25, -0.2) is 4.39 Å². The van der Waals surface area contributed by atoms with Gasteiger partial charge in [-0.05, 0) is 18.6 Å². The molecule has 4 nitrogen and oxygen atoms in total. The maximum atomic E-state index is 13.9. The molecular formula is C13H19FO4. The topological polar surface area (TPSA) is 36.9 Å². The van der Waals surface area contributed by atoms with E-state index in [0.717, 1.165) is 0 Å². The molecule has 0 atom stereocenters. The van der Waals surface area contributed by atoms with E-state index in [1.54, 1.807) is 33.3 Å². The first-order valence-corrected chi connectivity index (χ1v) is 5.73. The predicted octanol–water partition coefficient (Wildman–Crippen LogP) is 2.18. The monoisotopic (exact) mass is 258 g/mol. The molecule has 0 aliphatic rings. The molecule has 1 aromatic carbocycles. The van der Waals surface area contributed by atoms with Gasteiger partial charge >= 0.3 is 0 Å². The summed E-state index contributed by atoms with van der Waals surface area (Å²) in [5.41, 5.74) is 0.515. The second-order valence-corrected chi connectivity index (χ2v) is 3.71. The van der Waals surface area contributed by atoms with Crippen LogP contribution in [0.2, 0.25) is 0 Å². The number of hydrogen-bond donors (Lipinski definition) is 0. The van der Waals surface area contributed by atoms with Gasteiger partial charge in [0.05, 0.1) is 13.2 Å². The van der Waals surface area contributed by atoms with E-state index in [2.05, 4.69) is 0 Å². The van der Waals surface area contributed by atoms with E-state index in [1.807, 2.05) is 0 Å². The number of benzene rings is 1. The Kier molecular flexibility index (Phi) is 6.46. The van der Waals surface area contributed by atoms with Gasteiger partial charge in [-0.1, -0.05) is 6.07 Å². The molecular weight excluding hydrogens is 239 g/mol. The third kappa shape index (κ3) is 4.16. The Bertz CT molecular complexity index is 368.